The van der Waals surface area contributed by atoms with Crippen molar-refractivity contribution in [2.24, 2.45) is 0 Å². The molecule has 0 bridgehead atoms. The highest BCUT2D eigenvalue weighted by atomic mass is 35.5. The molecule has 1 amide bonds. The Labute approximate surface area is 213 Å². The average molecular weight is 537 g/mol. The van der Waals surface area contributed by atoms with E-state index in [9.17, 15) is 18.0 Å². The molecule has 0 atom stereocenters. The molecule has 0 fully saturated rings. The Hall–Kier alpha value is -3.27. The van der Waals surface area contributed by atoms with Crippen molar-refractivity contribution in [3.63, 3.8) is 0 Å². The van der Waals surface area contributed by atoms with Crippen LogP contribution in [0.5, 0.6) is 5.75 Å². The molecule has 35 heavy (non-hydrogen) atoms. The first-order valence-corrected chi connectivity index (χ1v) is 12.4. The van der Waals surface area contributed by atoms with Crippen molar-refractivity contribution >= 4 is 56.5 Å². The number of anilines is 2. The van der Waals surface area contributed by atoms with Crippen LogP contribution in [0.1, 0.15) is 15.9 Å². The van der Waals surface area contributed by atoms with E-state index < -0.39 is 28.4 Å². The van der Waals surface area contributed by atoms with Crippen LogP contribution >= 0.6 is 23.2 Å². The molecule has 0 saturated heterocycles. The number of hydrogen-bond donors (Lipinski definition) is 1. The SMILES string of the molecule is COC(=O)c1ccc(Cl)c(NC(=O)CN(c2ccc(OC)c(Cl)c2)S(=O)(=O)c2ccc(C)cc2)c1. The van der Waals surface area contributed by atoms with E-state index in [0.717, 1.165) is 9.87 Å². The normalized spacial score (nSPS) is 11.0. The van der Waals surface area contributed by atoms with E-state index in [4.69, 9.17) is 27.9 Å². The van der Waals surface area contributed by atoms with E-state index in [1.165, 1.54) is 62.8 Å². The summed E-state index contributed by atoms with van der Waals surface area (Å²) in [6.07, 6.45) is 0. The van der Waals surface area contributed by atoms with Crippen molar-refractivity contribution < 1.29 is 27.5 Å². The lowest BCUT2D eigenvalue weighted by Crippen LogP contribution is -2.38. The van der Waals surface area contributed by atoms with Gasteiger partial charge in [-0.2, -0.15) is 0 Å². The molecule has 3 aromatic carbocycles. The van der Waals surface area contributed by atoms with Gasteiger partial charge in [0.1, 0.15) is 12.3 Å². The molecule has 8 nitrogen and oxygen atoms in total. The Morgan fingerprint density at radius 1 is 0.943 bits per heavy atom. The Balaban J connectivity index is 1.99. The summed E-state index contributed by atoms with van der Waals surface area (Å²) in [6, 6.07) is 14.8. The van der Waals surface area contributed by atoms with Crippen LogP contribution in [-0.2, 0) is 19.6 Å². The second-order valence-corrected chi connectivity index (χ2v) is 10.1. The van der Waals surface area contributed by atoms with Gasteiger partial charge in [-0.05, 0) is 55.5 Å². The van der Waals surface area contributed by atoms with Crippen LogP contribution in [0.4, 0.5) is 11.4 Å². The fourth-order valence-electron chi connectivity index (χ4n) is 3.15. The highest BCUT2D eigenvalue weighted by Crippen LogP contribution is 2.32. The van der Waals surface area contributed by atoms with Gasteiger partial charge < -0.3 is 14.8 Å². The minimum absolute atomic E-state index is 0.00596. The molecule has 0 aliphatic heterocycles. The maximum Gasteiger partial charge on any atom is 0.337 e. The van der Waals surface area contributed by atoms with Crippen molar-refractivity contribution in [3.05, 3.63) is 81.8 Å². The van der Waals surface area contributed by atoms with E-state index in [1.54, 1.807) is 12.1 Å². The predicted octanol–water partition coefficient (Wildman–Crippen LogP) is 4.93. The minimum atomic E-state index is -4.16. The summed E-state index contributed by atoms with van der Waals surface area (Å²) < 4.78 is 37.8. The fraction of sp³-hybridized carbons (Fsp3) is 0.167. The van der Waals surface area contributed by atoms with Gasteiger partial charge in [-0.3, -0.25) is 9.10 Å². The zero-order valence-electron chi connectivity index (χ0n) is 19.0. The molecule has 1 N–H and O–H groups in total. The highest BCUT2D eigenvalue weighted by molar-refractivity contribution is 7.92. The predicted molar refractivity (Wildman–Crippen MR) is 135 cm³/mol. The summed E-state index contributed by atoms with van der Waals surface area (Å²) in [7, 11) is -1.51. The highest BCUT2D eigenvalue weighted by Gasteiger charge is 2.28. The molecular weight excluding hydrogens is 515 g/mol. The standard InChI is InChI=1S/C24H22Cl2N2O6S/c1-15-4-8-18(9-5-15)35(31,32)28(17-7-11-22(33-2)20(26)13-17)14-23(29)27-21-12-16(24(30)34-3)6-10-19(21)25/h4-13H,14H2,1-3H3,(H,27,29). The van der Waals surface area contributed by atoms with Gasteiger partial charge in [0.2, 0.25) is 5.91 Å². The maximum atomic E-state index is 13.5. The number of hydrogen-bond acceptors (Lipinski definition) is 6. The first kappa shape index (κ1) is 26.3. The smallest absolute Gasteiger partial charge is 0.337 e. The zero-order valence-corrected chi connectivity index (χ0v) is 21.4. The third kappa shape index (κ3) is 6.05. The van der Waals surface area contributed by atoms with Gasteiger partial charge in [0.25, 0.3) is 10.0 Å². The number of carbonyl (C=O) groups excluding carboxylic acids is 2. The molecule has 0 saturated carbocycles. The van der Waals surface area contributed by atoms with Crippen molar-refractivity contribution in [1.29, 1.82) is 0 Å². The molecule has 11 heteroatoms. The Bertz CT molecular complexity index is 1360. The topological polar surface area (TPSA) is 102 Å². The molecule has 3 rings (SSSR count). The molecule has 0 spiro atoms. The number of rotatable bonds is 8. The number of sulfonamides is 1. The number of ether oxygens (including phenoxy) is 2. The quantitative estimate of drug-likeness (QED) is 0.409. The number of amides is 1. The average Bonchev–Trinajstić information content (AvgIpc) is 2.83. The van der Waals surface area contributed by atoms with E-state index in [-0.39, 0.29) is 31.9 Å². The van der Waals surface area contributed by atoms with Crippen LogP contribution in [0.3, 0.4) is 0 Å². The lowest BCUT2D eigenvalue weighted by molar-refractivity contribution is -0.114. The van der Waals surface area contributed by atoms with Gasteiger partial charge in [-0.15, -0.1) is 0 Å². The Kier molecular flexibility index (Phi) is 8.26. The first-order valence-electron chi connectivity index (χ1n) is 10.2. The van der Waals surface area contributed by atoms with E-state index in [2.05, 4.69) is 10.1 Å². The molecule has 184 valence electrons. The zero-order chi connectivity index (χ0) is 25.8. The van der Waals surface area contributed by atoms with Crippen molar-refractivity contribution in [1.82, 2.24) is 0 Å². The van der Waals surface area contributed by atoms with Gasteiger partial charge in [0, 0.05) is 0 Å². The summed E-state index contributed by atoms with van der Waals surface area (Å²) >= 11 is 12.4. The molecule has 0 aliphatic carbocycles. The molecule has 3 aromatic rings. The summed E-state index contributed by atoms with van der Waals surface area (Å²) in [5.41, 5.74) is 1.32. The fourth-order valence-corrected chi connectivity index (χ4v) is 4.98. The van der Waals surface area contributed by atoms with Crippen LogP contribution in [0.25, 0.3) is 0 Å². The minimum Gasteiger partial charge on any atom is -0.495 e. The largest absolute Gasteiger partial charge is 0.495 e. The molecule has 0 aliphatic rings. The second kappa shape index (κ2) is 11.0. The van der Waals surface area contributed by atoms with Gasteiger partial charge in [0.05, 0.1) is 46.1 Å². The lowest BCUT2D eigenvalue weighted by atomic mass is 10.2. The van der Waals surface area contributed by atoms with Crippen molar-refractivity contribution in [2.75, 3.05) is 30.4 Å². The second-order valence-electron chi connectivity index (χ2n) is 7.38. The number of aryl methyl sites for hydroxylation is 1. The van der Waals surface area contributed by atoms with Crippen molar-refractivity contribution in [2.45, 2.75) is 11.8 Å². The van der Waals surface area contributed by atoms with Crippen molar-refractivity contribution in [3.8, 4) is 5.75 Å². The number of benzene rings is 3. The van der Waals surface area contributed by atoms with E-state index in [1.807, 2.05) is 6.92 Å². The number of carbonyl (C=O) groups is 2. The lowest BCUT2D eigenvalue weighted by Gasteiger charge is -2.25. The number of methoxy groups -OCH3 is 2. The maximum absolute atomic E-state index is 13.5. The van der Waals surface area contributed by atoms with Crippen LogP contribution < -0.4 is 14.4 Å². The van der Waals surface area contributed by atoms with E-state index >= 15 is 0 Å². The Morgan fingerprint density at radius 2 is 1.63 bits per heavy atom. The Morgan fingerprint density at radius 3 is 2.23 bits per heavy atom. The summed E-state index contributed by atoms with van der Waals surface area (Å²) in [5, 5.41) is 2.89. The van der Waals surface area contributed by atoms with Crippen LogP contribution in [0.2, 0.25) is 10.0 Å². The van der Waals surface area contributed by atoms with Gasteiger partial charge in [-0.25, -0.2) is 13.2 Å². The molecule has 0 heterocycles. The monoisotopic (exact) mass is 536 g/mol. The van der Waals surface area contributed by atoms with Crippen LogP contribution in [0.15, 0.2) is 65.6 Å². The number of nitrogens with one attached hydrogen (secondary N) is 1. The third-order valence-electron chi connectivity index (χ3n) is 4.98. The molecule has 0 radical (unpaired) electrons. The van der Waals surface area contributed by atoms with Gasteiger partial charge >= 0.3 is 5.97 Å². The van der Waals surface area contributed by atoms with Crippen LogP contribution in [0, 0.1) is 6.92 Å². The van der Waals surface area contributed by atoms with Gasteiger partial charge in [0.15, 0.2) is 0 Å². The molecular formula is C24H22Cl2N2O6S. The number of esters is 1. The summed E-state index contributed by atoms with van der Waals surface area (Å²) in [6.45, 7) is 1.23. The van der Waals surface area contributed by atoms with E-state index in [0.29, 0.717) is 5.75 Å². The summed E-state index contributed by atoms with van der Waals surface area (Å²) in [4.78, 5) is 24.8. The number of halogens is 2. The molecule has 0 unspecified atom stereocenters. The first-order chi connectivity index (χ1) is 16.6. The summed E-state index contributed by atoms with van der Waals surface area (Å²) in [5.74, 6) is -0.968. The van der Waals surface area contributed by atoms with Crippen LogP contribution in [-0.4, -0.2) is 41.1 Å². The third-order valence-corrected chi connectivity index (χ3v) is 7.39. The van der Waals surface area contributed by atoms with Gasteiger partial charge in [-0.1, -0.05) is 40.9 Å². The molecule has 0 aromatic heterocycles. The number of nitrogens with zero attached hydrogens (tertiary/aromatic N) is 1.